The Morgan fingerprint density at radius 3 is 2.69 bits per heavy atom. The van der Waals surface area contributed by atoms with Gasteiger partial charge in [-0.25, -0.2) is 26.4 Å². The van der Waals surface area contributed by atoms with Gasteiger partial charge in [0.15, 0.2) is 9.84 Å². The predicted octanol–water partition coefficient (Wildman–Crippen LogP) is 1.60. The fraction of sp³-hybridized carbons (Fsp3) is 0.389. The SMILES string of the molecule is CCN[C@H]1CC(C)S(=O)(=O)c2sc(S(=O)(=O)NC(=O)c3cccc(CON(O)O)c3)cc21. The standard InChI is InChI=1S/C18H23N3O8S3/c1-3-19-15-7-11(2)31(25,26)18-14(15)9-16(30-18)32(27,28)20-17(22)13-6-4-5-12(8-13)10-29-21(23)24/h4-6,8-9,11,15,19,23-24H,3,7,10H2,1-2H3,(H,20,22)/t11?,15-/m0/s1. The number of carbonyl (C=O) groups excluding carboxylic acids is 1. The molecule has 1 unspecified atom stereocenters. The summed E-state index contributed by atoms with van der Waals surface area (Å²) in [5.74, 6) is -0.928. The summed E-state index contributed by atoms with van der Waals surface area (Å²) in [7, 11) is -8.01. The first-order valence-corrected chi connectivity index (χ1v) is 13.4. The monoisotopic (exact) mass is 505 g/mol. The molecule has 32 heavy (non-hydrogen) atoms. The maximum absolute atomic E-state index is 12.9. The number of carbonyl (C=O) groups is 1. The minimum Gasteiger partial charge on any atom is -0.310 e. The Balaban J connectivity index is 1.87. The van der Waals surface area contributed by atoms with Crippen LogP contribution in [0.3, 0.4) is 0 Å². The zero-order chi connectivity index (χ0) is 23.7. The second kappa shape index (κ2) is 9.52. The van der Waals surface area contributed by atoms with Crippen LogP contribution < -0.4 is 10.0 Å². The Kier molecular flexibility index (Phi) is 7.36. The third kappa shape index (κ3) is 5.18. The Bertz CT molecular complexity index is 1210. The first-order chi connectivity index (χ1) is 15.0. The lowest BCUT2D eigenvalue weighted by molar-refractivity contribution is -0.497. The first kappa shape index (κ1) is 24.7. The number of nitrogens with zero attached hydrogens (tertiary/aromatic N) is 1. The van der Waals surface area contributed by atoms with Gasteiger partial charge in [0.25, 0.3) is 15.9 Å². The lowest BCUT2D eigenvalue weighted by Gasteiger charge is -2.27. The number of hydrogen-bond acceptors (Lipinski definition) is 11. The van der Waals surface area contributed by atoms with E-state index < -0.39 is 36.4 Å². The molecule has 0 spiro atoms. The molecule has 1 aliphatic heterocycles. The zero-order valence-electron chi connectivity index (χ0n) is 17.2. The highest BCUT2D eigenvalue weighted by Gasteiger charge is 2.39. The van der Waals surface area contributed by atoms with Gasteiger partial charge in [0.05, 0.1) is 17.2 Å². The Morgan fingerprint density at radius 2 is 2.03 bits per heavy atom. The van der Waals surface area contributed by atoms with E-state index in [2.05, 4.69) is 10.2 Å². The van der Waals surface area contributed by atoms with Gasteiger partial charge >= 0.3 is 0 Å². The lowest BCUT2D eigenvalue weighted by Crippen LogP contribution is -2.33. The molecule has 1 amide bonds. The molecule has 3 rings (SSSR count). The average molecular weight is 506 g/mol. The average Bonchev–Trinajstić information content (AvgIpc) is 3.19. The quantitative estimate of drug-likeness (QED) is 0.388. The van der Waals surface area contributed by atoms with Crippen LogP contribution in [0.5, 0.6) is 0 Å². The third-order valence-corrected chi connectivity index (χ3v) is 10.6. The molecular weight excluding hydrogens is 482 g/mol. The molecule has 176 valence electrons. The first-order valence-electron chi connectivity index (χ1n) is 9.53. The molecule has 1 aromatic carbocycles. The van der Waals surface area contributed by atoms with Crippen molar-refractivity contribution in [2.45, 2.75) is 46.6 Å². The van der Waals surface area contributed by atoms with Crippen molar-refractivity contribution in [1.82, 2.24) is 15.4 Å². The number of amides is 1. The summed E-state index contributed by atoms with van der Waals surface area (Å²) in [6.07, 6.45) is 0.319. The summed E-state index contributed by atoms with van der Waals surface area (Å²) in [6.45, 7) is 3.76. The number of rotatable bonds is 8. The van der Waals surface area contributed by atoms with E-state index >= 15 is 0 Å². The van der Waals surface area contributed by atoms with Crippen LogP contribution >= 0.6 is 11.3 Å². The number of thiophene rings is 1. The Morgan fingerprint density at radius 1 is 1.31 bits per heavy atom. The number of sulfonamides is 1. The fourth-order valence-electron chi connectivity index (χ4n) is 3.34. The van der Waals surface area contributed by atoms with Crippen LogP contribution in [0.2, 0.25) is 0 Å². The molecule has 0 saturated heterocycles. The number of fused-ring (bicyclic) bond motifs is 1. The third-order valence-electron chi connectivity index (χ3n) is 4.91. The summed E-state index contributed by atoms with van der Waals surface area (Å²) in [5, 5.41) is 19.2. The van der Waals surface area contributed by atoms with Crippen molar-refractivity contribution in [1.29, 1.82) is 0 Å². The van der Waals surface area contributed by atoms with E-state index in [1.54, 1.807) is 6.92 Å². The molecule has 0 saturated carbocycles. The van der Waals surface area contributed by atoms with E-state index in [1.165, 1.54) is 30.3 Å². The lowest BCUT2D eigenvalue weighted by atomic mass is 10.1. The van der Waals surface area contributed by atoms with Crippen LogP contribution in [0.25, 0.3) is 0 Å². The minimum atomic E-state index is -4.34. The normalized spacial score (nSPS) is 20.2. The highest BCUT2D eigenvalue weighted by Crippen LogP contribution is 2.42. The van der Waals surface area contributed by atoms with E-state index in [1.807, 2.05) is 11.6 Å². The maximum Gasteiger partial charge on any atom is 0.273 e. The highest BCUT2D eigenvalue weighted by atomic mass is 32.3. The van der Waals surface area contributed by atoms with E-state index in [9.17, 15) is 21.6 Å². The topological polar surface area (TPSA) is 162 Å². The van der Waals surface area contributed by atoms with Crippen molar-refractivity contribution >= 4 is 37.1 Å². The van der Waals surface area contributed by atoms with Crippen molar-refractivity contribution in [2.24, 2.45) is 0 Å². The van der Waals surface area contributed by atoms with Gasteiger partial charge in [-0.3, -0.25) is 15.2 Å². The van der Waals surface area contributed by atoms with Crippen molar-refractivity contribution < 1.29 is 36.9 Å². The van der Waals surface area contributed by atoms with Gasteiger partial charge < -0.3 is 5.32 Å². The minimum absolute atomic E-state index is 0.00766. The maximum atomic E-state index is 12.9. The summed E-state index contributed by atoms with van der Waals surface area (Å²) in [6, 6.07) is 6.69. The second-order valence-corrected chi connectivity index (χ2v) is 12.7. The van der Waals surface area contributed by atoms with Gasteiger partial charge in [0.1, 0.15) is 8.42 Å². The molecule has 0 radical (unpaired) electrons. The van der Waals surface area contributed by atoms with E-state index in [4.69, 9.17) is 10.4 Å². The van der Waals surface area contributed by atoms with Gasteiger partial charge in [-0.05, 0) is 43.7 Å². The van der Waals surface area contributed by atoms with Crippen LogP contribution in [0, 0.1) is 0 Å². The van der Waals surface area contributed by atoms with Gasteiger partial charge in [0.2, 0.25) is 0 Å². The molecule has 4 N–H and O–H groups in total. The van der Waals surface area contributed by atoms with E-state index in [0.29, 0.717) is 35.4 Å². The van der Waals surface area contributed by atoms with E-state index in [0.717, 1.165) is 0 Å². The fourth-order valence-corrected chi connectivity index (χ4v) is 8.31. The molecule has 2 atom stereocenters. The van der Waals surface area contributed by atoms with Gasteiger partial charge in [-0.2, -0.15) is 0 Å². The van der Waals surface area contributed by atoms with Crippen molar-refractivity contribution in [2.75, 3.05) is 6.54 Å². The van der Waals surface area contributed by atoms with Gasteiger partial charge in [-0.1, -0.05) is 19.1 Å². The Hall–Kier alpha value is -1.91. The van der Waals surface area contributed by atoms with Crippen LogP contribution in [0.4, 0.5) is 0 Å². The smallest absolute Gasteiger partial charge is 0.273 e. The second-order valence-electron chi connectivity index (χ2n) is 7.17. The zero-order valence-corrected chi connectivity index (χ0v) is 19.6. The van der Waals surface area contributed by atoms with Crippen LogP contribution in [0.15, 0.2) is 38.8 Å². The molecule has 14 heteroatoms. The summed E-state index contributed by atoms with van der Waals surface area (Å²) < 4.78 is 52.9. The summed E-state index contributed by atoms with van der Waals surface area (Å²) in [5.41, 5.74) is 0.757. The van der Waals surface area contributed by atoms with Crippen molar-refractivity contribution in [3.63, 3.8) is 0 Å². The number of hydrogen-bond donors (Lipinski definition) is 4. The molecule has 0 fully saturated rings. The van der Waals surface area contributed by atoms with Crippen LogP contribution in [-0.4, -0.2) is 50.3 Å². The summed E-state index contributed by atoms with van der Waals surface area (Å²) >= 11 is 0.623. The molecule has 1 aromatic heterocycles. The largest absolute Gasteiger partial charge is 0.310 e. The van der Waals surface area contributed by atoms with Gasteiger partial charge in [-0.15, -0.1) is 11.3 Å². The molecule has 0 bridgehead atoms. The molecule has 11 nitrogen and oxygen atoms in total. The molecular formula is C18H23N3O8S3. The number of nitrogens with one attached hydrogen (secondary N) is 2. The van der Waals surface area contributed by atoms with Crippen LogP contribution in [0.1, 0.15) is 47.8 Å². The number of sulfone groups is 1. The van der Waals surface area contributed by atoms with Gasteiger partial charge in [0, 0.05) is 17.2 Å². The molecule has 1 aliphatic rings. The summed E-state index contributed by atoms with van der Waals surface area (Å²) in [4.78, 5) is 17.0. The molecule has 2 heterocycles. The number of benzene rings is 1. The van der Waals surface area contributed by atoms with Crippen LogP contribution in [-0.2, 0) is 31.3 Å². The highest BCUT2D eigenvalue weighted by molar-refractivity contribution is 7.95. The molecule has 2 aromatic rings. The molecule has 0 aliphatic carbocycles. The Labute approximate surface area is 189 Å². The van der Waals surface area contributed by atoms with Crippen molar-refractivity contribution in [3.8, 4) is 0 Å². The predicted molar refractivity (Wildman–Crippen MR) is 113 cm³/mol. The van der Waals surface area contributed by atoms with Crippen molar-refractivity contribution in [3.05, 3.63) is 47.0 Å². The van der Waals surface area contributed by atoms with E-state index in [-0.39, 0.29) is 26.6 Å².